The molecule has 1 N–H and O–H groups in total. The van der Waals surface area contributed by atoms with Crippen molar-refractivity contribution in [3.63, 3.8) is 0 Å². The number of likely N-dealkylation sites (tertiary alicyclic amines) is 1. The maximum absolute atomic E-state index is 12.9. The molecule has 0 aromatic heterocycles. The van der Waals surface area contributed by atoms with E-state index in [1.54, 1.807) is 6.07 Å². The van der Waals surface area contributed by atoms with Gasteiger partial charge in [0.05, 0.1) is 11.6 Å². The van der Waals surface area contributed by atoms with Gasteiger partial charge in [-0.3, -0.25) is 9.59 Å². The Kier molecular flexibility index (Phi) is 2.73. The third kappa shape index (κ3) is 1.93. The quantitative estimate of drug-likeness (QED) is 0.903. The van der Waals surface area contributed by atoms with Crippen molar-refractivity contribution in [1.29, 1.82) is 0 Å². The molecule has 1 aliphatic heterocycles. The van der Waals surface area contributed by atoms with Crippen molar-refractivity contribution in [1.82, 2.24) is 4.90 Å². The number of hydrogen-bond acceptors (Lipinski definition) is 3. The molecule has 1 amide bonds. The van der Waals surface area contributed by atoms with Gasteiger partial charge in [-0.25, -0.2) is 0 Å². The minimum Gasteiger partial charge on any atom is -0.388 e. The molecule has 1 atom stereocenters. The second-order valence-corrected chi connectivity index (χ2v) is 6.52. The fourth-order valence-corrected chi connectivity index (χ4v) is 3.88. The highest BCUT2D eigenvalue weighted by atomic mass is 16.3. The van der Waals surface area contributed by atoms with Crippen molar-refractivity contribution in [2.75, 3.05) is 6.54 Å². The lowest BCUT2D eigenvalue weighted by Gasteiger charge is -2.29. The Morgan fingerprint density at radius 3 is 2.86 bits per heavy atom. The van der Waals surface area contributed by atoms with Crippen LogP contribution in [-0.2, 0) is 6.42 Å². The van der Waals surface area contributed by atoms with E-state index < -0.39 is 5.60 Å². The van der Waals surface area contributed by atoms with Crippen molar-refractivity contribution in [3.05, 3.63) is 34.9 Å². The predicted molar refractivity (Wildman–Crippen MR) is 77.3 cm³/mol. The molecular formula is C17H19NO3. The number of Topliss-reactive ketones (excluding diaryl/α,β-unsaturated/α-hetero) is 1. The maximum atomic E-state index is 12.9. The number of aliphatic hydroxyl groups is 1. The minimum atomic E-state index is -0.653. The molecule has 4 heteroatoms. The van der Waals surface area contributed by atoms with Gasteiger partial charge in [0.1, 0.15) is 0 Å². The largest absolute Gasteiger partial charge is 0.388 e. The number of benzene rings is 1. The van der Waals surface area contributed by atoms with Gasteiger partial charge in [-0.1, -0.05) is 12.1 Å². The van der Waals surface area contributed by atoms with Crippen LogP contribution >= 0.6 is 0 Å². The van der Waals surface area contributed by atoms with Crippen LogP contribution in [0.4, 0.5) is 0 Å². The monoisotopic (exact) mass is 285 g/mol. The van der Waals surface area contributed by atoms with Gasteiger partial charge < -0.3 is 10.0 Å². The number of amides is 1. The third-order valence-electron chi connectivity index (χ3n) is 5.21. The third-order valence-corrected chi connectivity index (χ3v) is 5.21. The number of nitrogens with zero attached hydrogens (tertiary/aromatic N) is 1. The minimum absolute atomic E-state index is 0.00984. The van der Waals surface area contributed by atoms with E-state index in [0.717, 1.165) is 31.2 Å². The summed E-state index contributed by atoms with van der Waals surface area (Å²) in [6.07, 6.45) is 4.61. The van der Waals surface area contributed by atoms with Gasteiger partial charge in [0.25, 0.3) is 5.91 Å². The van der Waals surface area contributed by atoms with Crippen LogP contribution in [-0.4, -0.2) is 39.9 Å². The molecule has 110 valence electrons. The van der Waals surface area contributed by atoms with Crippen LogP contribution in [0.15, 0.2) is 18.2 Å². The molecule has 1 aromatic carbocycles. The molecule has 2 fully saturated rings. The molecule has 1 saturated carbocycles. The van der Waals surface area contributed by atoms with Crippen LogP contribution < -0.4 is 0 Å². The Morgan fingerprint density at radius 1 is 1.29 bits per heavy atom. The number of carbonyl (C=O) groups is 2. The van der Waals surface area contributed by atoms with E-state index in [-0.39, 0.29) is 17.7 Å². The fraction of sp³-hybridized carbons (Fsp3) is 0.529. The second-order valence-electron chi connectivity index (χ2n) is 6.52. The lowest BCUT2D eigenvalue weighted by Crippen LogP contribution is -2.44. The van der Waals surface area contributed by atoms with E-state index in [9.17, 15) is 14.7 Å². The summed E-state index contributed by atoms with van der Waals surface area (Å²) in [6, 6.07) is 5.40. The SMILES string of the molecule is O=C1CCc2c1cccc2C(=O)N1CCCC1C1(O)CC1. The van der Waals surface area contributed by atoms with Crippen molar-refractivity contribution < 1.29 is 14.7 Å². The molecule has 2 aliphatic carbocycles. The average molecular weight is 285 g/mol. The zero-order valence-corrected chi connectivity index (χ0v) is 12.0. The first-order valence-electron chi connectivity index (χ1n) is 7.79. The molecule has 0 bridgehead atoms. The molecule has 0 radical (unpaired) electrons. The van der Waals surface area contributed by atoms with Crippen LogP contribution in [0.5, 0.6) is 0 Å². The molecule has 1 saturated heterocycles. The number of ketones is 1. The van der Waals surface area contributed by atoms with Gasteiger partial charge in [-0.2, -0.15) is 0 Å². The van der Waals surface area contributed by atoms with E-state index in [0.29, 0.717) is 30.5 Å². The highest BCUT2D eigenvalue weighted by Crippen LogP contribution is 2.45. The first kappa shape index (κ1) is 13.0. The van der Waals surface area contributed by atoms with Crippen LogP contribution in [0, 0.1) is 0 Å². The Morgan fingerprint density at radius 2 is 2.10 bits per heavy atom. The number of hydrogen-bond donors (Lipinski definition) is 1. The average Bonchev–Trinajstić information content (AvgIpc) is 2.93. The Balaban J connectivity index is 1.68. The molecule has 4 nitrogen and oxygen atoms in total. The molecule has 1 aromatic rings. The smallest absolute Gasteiger partial charge is 0.254 e. The lowest BCUT2D eigenvalue weighted by molar-refractivity contribution is 0.0385. The van der Waals surface area contributed by atoms with Gasteiger partial charge in [-0.05, 0) is 43.7 Å². The van der Waals surface area contributed by atoms with Crippen molar-refractivity contribution in [2.45, 2.75) is 50.2 Å². The van der Waals surface area contributed by atoms with Gasteiger partial charge >= 0.3 is 0 Å². The lowest BCUT2D eigenvalue weighted by atomic mass is 10.0. The van der Waals surface area contributed by atoms with Crippen LogP contribution in [0.2, 0.25) is 0 Å². The van der Waals surface area contributed by atoms with Gasteiger partial charge in [0.15, 0.2) is 5.78 Å². The Hall–Kier alpha value is -1.68. The topological polar surface area (TPSA) is 57.6 Å². The molecule has 4 rings (SSSR count). The zero-order valence-electron chi connectivity index (χ0n) is 12.0. The Bertz CT molecular complexity index is 633. The summed E-state index contributed by atoms with van der Waals surface area (Å²) in [5.41, 5.74) is 1.62. The first-order chi connectivity index (χ1) is 10.1. The van der Waals surface area contributed by atoms with Crippen LogP contribution in [0.3, 0.4) is 0 Å². The summed E-state index contributed by atoms with van der Waals surface area (Å²) < 4.78 is 0. The standard InChI is InChI=1S/C17H19NO3/c19-14-7-6-11-12(14)3-1-4-13(11)16(20)18-10-2-5-15(18)17(21)8-9-17/h1,3-4,15,21H,2,5-10H2. The Labute approximate surface area is 123 Å². The van der Waals surface area contributed by atoms with E-state index in [1.807, 2.05) is 17.0 Å². The van der Waals surface area contributed by atoms with E-state index in [1.165, 1.54) is 0 Å². The van der Waals surface area contributed by atoms with E-state index >= 15 is 0 Å². The van der Waals surface area contributed by atoms with Crippen molar-refractivity contribution >= 4 is 11.7 Å². The number of rotatable bonds is 2. The fourth-order valence-electron chi connectivity index (χ4n) is 3.88. The molecule has 1 unspecified atom stereocenters. The molecule has 3 aliphatic rings. The highest BCUT2D eigenvalue weighted by molar-refractivity contribution is 6.05. The van der Waals surface area contributed by atoms with Crippen molar-refractivity contribution in [3.8, 4) is 0 Å². The van der Waals surface area contributed by atoms with Crippen LogP contribution in [0.25, 0.3) is 0 Å². The second kappa shape index (κ2) is 4.41. The summed E-state index contributed by atoms with van der Waals surface area (Å²) in [6.45, 7) is 0.712. The van der Waals surface area contributed by atoms with E-state index in [4.69, 9.17) is 0 Å². The van der Waals surface area contributed by atoms with E-state index in [2.05, 4.69) is 0 Å². The van der Waals surface area contributed by atoms with Crippen molar-refractivity contribution in [2.24, 2.45) is 0 Å². The van der Waals surface area contributed by atoms with Crippen LogP contribution in [0.1, 0.15) is 58.4 Å². The number of carbonyl (C=O) groups excluding carboxylic acids is 2. The summed E-state index contributed by atoms with van der Waals surface area (Å²) in [4.78, 5) is 26.6. The van der Waals surface area contributed by atoms with Gasteiger partial charge in [-0.15, -0.1) is 0 Å². The summed E-state index contributed by atoms with van der Waals surface area (Å²) in [5.74, 6) is 0.128. The molecular weight excluding hydrogens is 266 g/mol. The predicted octanol–water partition coefficient (Wildman–Crippen LogP) is 1.95. The summed E-state index contributed by atoms with van der Waals surface area (Å²) in [7, 11) is 0. The highest BCUT2D eigenvalue weighted by Gasteiger charge is 2.52. The normalized spacial score (nSPS) is 26.0. The van der Waals surface area contributed by atoms with Gasteiger partial charge in [0.2, 0.25) is 0 Å². The van der Waals surface area contributed by atoms with Gasteiger partial charge in [0, 0.05) is 24.1 Å². The molecule has 1 heterocycles. The molecule has 21 heavy (non-hydrogen) atoms. The summed E-state index contributed by atoms with van der Waals surface area (Å²) in [5, 5.41) is 10.4. The first-order valence-corrected chi connectivity index (χ1v) is 7.79. The zero-order chi connectivity index (χ0) is 14.6. The summed E-state index contributed by atoms with van der Waals surface area (Å²) >= 11 is 0. The molecule has 0 spiro atoms. The maximum Gasteiger partial charge on any atom is 0.254 e. The number of fused-ring (bicyclic) bond motifs is 1.